The molecule has 1 nitrogen and oxygen atoms in total. The van der Waals surface area contributed by atoms with Gasteiger partial charge in [-0.05, 0) is 30.0 Å². The number of hydrogen-bond acceptors (Lipinski definition) is 2. The number of aryl methyl sites for hydroxylation is 1. The van der Waals surface area contributed by atoms with Gasteiger partial charge in [-0.1, -0.05) is 35.9 Å². The van der Waals surface area contributed by atoms with Crippen LogP contribution in [0.3, 0.4) is 0 Å². The zero-order chi connectivity index (χ0) is 11.4. The van der Waals surface area contributed by atoms with Crippen molar-refractivity contribution >= 4 is 23.0 Å². The van der Waals surface area contributed by atoms with Crippen molar-refractivity contribution in [1.29, 1.82) is 5.26 Å². The fourth-order valence-corrected chi connectivity index (χ4v) is 2.09. The Labute approximate surface area is 99.3 Å². The highest BCUT2D eigenvalue weighted by Gasteiger charge is 2.00. The molecule has 16 heavy (non-hydrogen) atoms. The molecule has 0 unspecified atom stereocenters. The van der Waals surface area contributed by atoms with Crippen LogP contribution in [0, 0.1) is 18.3 Å². The predicted molar refractivity (Wildman–Crippen MR) is 69.0 cm³/mol. The van der Waals surface area contributed by atoms with E-state index in [0.717, 1.165) is 10.4 Å². The van der Waals surface area contributed by atoms with Crippen molar-refractivity contribution in [3.8, 4) is 6.07 Å². The molecule has 1 aromatic heterocycles. The topological polar surface area (TPSA) is 23.8 Å². The maximum Gasteiger partial charge on any atom is 0.0998 e. The van der Waals surface area contributed by atoms with Crippen molar-refractivity contribution in [2.45, 2.75) is 6.92 Å². The van der Waals surface area contributed by atoms with Crippen molar-refractivity contribution in [2.24, 2.45) is 0 Å². The maximum atomic E-state index is 9.13. The highest BCUT2D eigenvalue weighted by atomic mass is 32.1. The summed E-state index contributed by atoms with van der Waals surface area (Å²) in [5, 5.41) is 11.1. The van der Waals surface area contributed by atoms with Crippen LogP contribution in [-0.4, -0.2) is 0 Å². The standard InChI is InChI=1S/C14H11NS/c1-11-4-6-12(7-5-11)13(10-15)9-14-3-2-8-16-14/h2-9H,1H3/b13-9-. The number of rotatable bonds is 2. The second-order valence-corrected chi connectivity index (χ2v) is 4.53. The molecule has 0 atom stereocenters. The van der Waals surface area contributed by atoms with E-state index in [9.17, 15) is 0 Å². The Bertz CT molecular complexity index is 527. The Hall–Kier alpha value is -1.85. The molecule has 0 bridgehead atoms. The quantitative estimate of drug-likeness (QED) is 0.705. The summed E-state index contributed by atoms with van der Waals surface area (Å²) in [6.45, 7) is 2.04. The first kappa shape index (κ1) is 10.7. The van der Waals surface area contributed by atoms with Crippen molar-refractivity contribution in [1.82, 2.24) is 0 Å². The predicted octanol–water partition coefficient (Wildman–Crippen LogP) is 4.12. The highest BCUT2D eigenvalue weighted by molar-refractivity contribution is 7.10. The summed E-state index contributed by atoms with van der Waals surface area (Å²) < 4.78 is 0. The highest BCUT2D eigenvalue weighted by Crippen LogP contribution is 2.20. The van der Waals surface area contributed by atoms with E-state index in [0.29, 0.717) is 5.57 Å². The van der Waals surface area contributed by atoms with Gasteiger partial charge in [-0.15, -0.1) is 11.3 Å². The third kappa shape index (κ3) is 2.39. The Morgan fingerprint density at radius 3 is 2.56 bits per heavy atom. The summed E-state index contributed by atoms with van der Waals surface area (Å²) in [5.74, 6) is 0. The molecule has 78 valence electrons. The second-order valence-electron chi connectivity index (χ2n) is 3.55. The van der Waals surface area contributed by atoms with Gasteiger partial charge in [0, 0.05) is 4.88 Å². The average Bonchev–Trinajstić information content (AvgIpc) is 2.80. The Morgan fingerprint density at radius 2 is 2.00 bits per heavy atom. The van der Waals surface area contributed by atoms with Crippen LogP contribution >= 0.6 is 11.3 Å². The molecule has 2 aromatic rings. The van der Waals surface area contributed by atoms with Crippen molar-refractivity contribution in [3.05, 3.63) is 57.8 Å². The van der Waals surface area contributed by atoms with Crippen LogP contribution in [0.15, 0.2) is 41.8 Å². The third-order valence-electron chi connectivity index (χ3n) is 2.31. The summed E-state index contributed by atoms with van der Waals surface area (Å²) in [7, 11) is 0. The van der Waals surface area contributed by atoms with Crippen LogP contribution in [0.2, 0.25) is 0 Å². The van der Waals surface area contributed by atoms with E-state index in [4.69, 9.17) is 5.26 Å². The number of benzene rings is 1. The SMILES string of the molecule is Cc1ccc(/C(C#N)=C\c2cccs2)cc1. The number of nitriles is 1. The molecule has 0 amide bonds. The maximum absolute atomic E-state index is 9.13. The molecule has 1 aromatic carbocycles. The van der Waals surface area contributed by atoms with Crippen LogP contribution in [0.5, 0.6) is 0 Å². The zero-order valence-corrected chi connectivity index (χ0v) is 9.79. The lowest BCUT2D eigenvalue weighted by atomic mass is 10.0. The summed E-state index contributed by atoms with van der Waals surface area (Å²) in [6, 6.07) is 14.3. The minimum absolute atomic E-state index is 0.711. The van der Waals surface area contributed by atoms with Gasteiger partial charge in [0.05, 0.1) is 11.6 Å². The summed E-state index contributed by atoms with van der Waals surface area (Å²) in [5.41, 5.74) is 2.89. The number of nitrogens with zero attached hydrogens (tertiary/aromatic N) is 1. The zero-order valence-electron chi connectivity index (χ0n) is 8.97. The van der Waals surface area contributed by atoms with Crippen LogP contribution < -0.4 is 0 Å². The van der Waals surface area contributed by atoms with Gasteiger partial charge in [0.25, 0.3) is 0 Å². The molecule has 2 heteroatoms. The van der Waals surface area contributed by atoms with Crippen molar-refractivity contribution < 1.29 is 0 Å². The van der Waals surface area contributed by atoms with E-state index >= 15 is 0 Å². The van der Waals surface area contributed by atoms with Gasteiger partial charge in [0.2, 0.25) is 0 Å². The van der Waals surface area contributed by atoms with Gasteiger partial charge in [0.1, 0.15) is 0 Å². The number of hydrogen-bond donors (Lipinski definition) is 0. The van der Waals surface area contributed by atoms with Gasteiger partial charge < -0.3 is 0 Å². The lowest BCUT2D eigenvalue weighted by molar-refractivity contribution is 1.45. The monoisotopic (exact) mass is 225 g/mol. The van der Waals surface area contributed by atoms with E-state index in [-0.39, 0.29) is 0 Å². The van der Waals surface area contributed by atoms with Gasteiger partial charge in [-0.3, -0.25) is 0 Å². The summed E-state index contributed by atoms with van der Waals surface area (Å²) >= 11 is 1.64. The minimum Gasteiger partial charge on any atom is -0.192 e. The van der Waals surface area contributed by atoms with Crippen LogP contribution in [-0.2, 0) is 0 Å². The summed E-state index contributed by atoms with van der Waals surface area (Å²) in [4.78, 5) is 1.11. The second kappa shape index (κ2) is 4.78. The molecule has 2 rings (SSSR count). The molecule has 0 aliphatic rings. The smallest absolute Gasteiger partial charge is 0.0998 e. The normalized spacial score (nSPS) is 11.1. The average molecular weight is 225 g/mol. The van der Waals surface area contributed by atoms with Crippen LogP contribution in [0.1, 0.15) is 16.0 Å². The lowest BCUT2D eigenvalue weighted by Crippen LogP contribution is -1.81. The van der Waals surface area contributed by atoms with E-state index in [1.807, 2.05) is 54.8 Å². The molecule has 0 spiro atoms. The van der Waals surface area contributed by atoms with Crippen LogP contribution in [0.4, 0.5) is 0 Å². The molecule has 0 radical (unpaired) electrons. The fraction of sp³-hybridized carbons (Fsp3) is 0.0714. The van der Waals surface area contributed by atoms with E-state index in [1.165, 1.54) is 5.56 Å². The molecule has 0 aliphatic heterocycles. The van der Waals surface area contributed by atoms with Gasteiger partial charge >= 0.3 is 0 Å². The molecule has 0 saturated heterocycles. The Kier molecular flexibility index (Phi) is 3.19. The molecule has 0 aliphatic carbocycles. The Morgan fingerprint density at radius 1 is 1.25 bits per heavy atom. The number of thiophene rings is 1. The van der Waals surface area contributed by atoms with Gasteiger partial charge in [-0.25, -0.2) is 0 Å². The van der Waals surface area contributed by atoms with E-state index in [2.05, 4.69) is 6.07 Å². The first-order chi connectivity index (χ1) is 7.79. The van der Waals surface area contributed by atoms with E-state index in [1.54, 1.807) is 11.3 Å². The van der Waals surface area contributed by atoms with Gasteiger partial charge in [0.15, 0.2) is 0 Å². The van der Waals surface area contributed by atoms with Crippen LogP contribution in [0.25, 0.3) is 11.6 Å². The third-order valence-corrected chi connectivity index (χ3v) is 3.13. The van der Waals surface area contributed by atoms with Crippen molar-refractivity contribution in [2.75, 3.05) is 0 Å². The molecule has 0 fully saturated rings. The largest absolute Gasteiger partial charge is 0.192 e. The summed E-state index contributed by atoms with van der Waals surface area (Å²) in [6.07, 6.45) is 1.93. The minimum atomic E-state index is 0.711. The lowest BCUT2D eigenvalue weighted by Gasteiger charge is -1.99. The molecular weight excluding hydrogens is 214 g/mol. The molecular formula is C14H11NS. The first-order valence-corrected chi connectivity index (χ1v) is 5.90. The molecule has 0 saturated carbocycles. The first-order valence-electron chi connectivity index (χ1n) is 5.02. The number of allylic oxidation sites excluding steroid dienone is 1. The fourth-order valence-electron chi connectivity index (χ4n) is 1.43. The molecule has 1 heterocycles. The van der Waals surface area contributed by atoms with E-state index < -0.39 is 0 Å². The Balaban J connectivity index is 2.37. The van der Waals surface area contributed by atoms with Gasteiger partial charge in [-0.2, -0.15) is 5.26 Å². The molecule has 0 N–H and O–H groups in total. The van der Waals surface area contributed by atoms with Crippen molar-refractivity contribution in [3.63, 3.8) is 0 Å².